The summed E-state index contributed by atoms with van der Waals surface area (Å²) >= 11 is 16.6. The number of nitrogens with zero attached hydrogens (tertiary/aromatic N) is 5. The summed E-state index contributed by atoms with van der Waals surface area (Å²) in [6.07, 6.45) is 0. The molecule has 260 valence electrons. The Hall–Kier alpha value is -5.78. The maximum Gasteiger partial charge on any atom is 0.287 e. The Labute approximate surface area is 293 Å². The molecule has 6 aromatic rings. The fraction of sp³-hybridized carbons (Fsp3) is 0. The SMILES string of the molecule is F.Nc1nc(Nc2cccc(Cl)c2)n[nH]1.Nc1nc(Nc2cccc(Cl)c2)nn1C(=O)c1c(F)cccc1F.O=C(Cl)c1c(F)cccc1F. The van der Waals surface area contributed by atoms with Crippen molar-refractivity contribution in [3.05, 3.63) is 129 Å². The number of nitrogens with two attached hydrogens (primary N) is 2. The van der Waals surface area contributed by atoms with E-state index in [1.165, 1.54) is 0 Å². The van der Waals surface area contributed by atoms with Crippen LogP contribution in [0.5, 0.6) is 0 Å². The molecule has 20 heteroatoms. The number of aromatic nitrogens is 6. The minimum atomic E-state index is -1.12. The highest BCUT2D eigenvalue weighted by Gasteiger charge is 2.23. The van der Waals surface area contributed by atoms with Crippen molar-refractivity contribution in [2.45, 2.75) is 0 Å². The van der Waals surface area contributed by atoms with Gasteiger partial charge in [0, 0.05) is 21.4 Å². The first kappa shape index (κ1) is 38.7. The lowest BCUT2D eigenvalue weighted by Gasteiger charge is -2.04. The molecule has 0 bridgehead atoms. The largest absolute Gasteiger partial charge is 0.368 e. The Kier molecular flexibility index (Phi) is 13.6. The molecular formula is C30H22Cl3F5N10O2. The van der Waals surface area contributed by atoms with Gasteiger partial charge in [0.2, 0.25) is 23.8 Å². The fourth-order valence-electron chi connectivity index (χ4n) is 3.74. The molecule has 50 heavy (non-hydrogen) atoms. The molecule has 12 nitrogen and oxygen atoms in total. The standard InChI is InChI=1S/C15H10ClF2N5O.C8H8ClN5.C7H3ClF2O.FH/c16-8-3-1-4-9(7-8)20-15-21-14(19)23(22-15)13(24)12-10(17)5-2-6-11(12)18;9-5-2-1-3-6(4-5)11-8-12-7(10)13-14-8;8-7(11)6-4(9)2-1-3-5(6)10;/h1-7H,(H3,19,20,21,22);1-4H,(H4,10,11,12,13,14);1-3H;1H. The van der Waals surface area contributed by atoms with Crippen molar-refractivity contribution < 1.29 is 31.9 Å². The molecule has 0 amide bonds. The van der Waals surface area contributed by atoms with E-state index in [1.807, 2.05) is 12.1 Å². The lowest BCUT2D eigenvalue weighted by atomic mass is 10.2. The second kappa shape index (κ2) is 17.6. The average Bonchev–Trinajstić information content (AvgIpc) is 3.61. The Bertz CT molecular complexity index is 2080. The molecule has 0 radical (unpaired) electrons. The van der Waals surface area contributed by atoms with Crippen molar-refractivity contribution >= 4 is 81.1 Å². The van der Waals surface area contributed by atoms with Crippen LogP contribution in [0.3, 0.4) is 0 Å². The van der Waals surface area contributed by atoms with E-state index < -0.39 is 45.5 Å². The highest BCUT2D eigenvalue weighted by molar-refractivity contribution is 6.67. The van der Waals surface area contributed by atoms with Gasteiger partial charge >= 0.3 is 0 Å². The van der Waals surface area contributed by atoms with Gasteiger partial charge in [-0.2, -0.15) is 14.6 Å². The van der Waals surface area contributed by atoms with Gasteiger partial charge in [-0.1, -0.05) is 47.5 Å². The number of carbonyl (C=O) groups is 2. The predicted molar refractivity (Wildman–Crippen MR) is 180 cm³/mol. The van der Waals surface area contributed by atoms with Crippen LogP contribution in [0.1, 0.15) is 20.7 Å². The summed E-state index contributed by atoms with van der Waals surface area (Å²) in [5.74, 6) is -4.60. The van der Waals surface area contributed by atoms with Crippen molar-refractivity contribution in [2.24, 2.45) is 0 Å². The van der Waals surface area contributed by atoms with Gasteiger partial charge in [-0.3, -0.25) is 14.3 Å². The van der Waals surface area contributed by atoms with E-state index in [0.717, 1.165) is 42.1 Å². The van der Waals surface area contributed by atoms with Crippen LogP contribution in [0.4, 0.5) is 57.4 Å². The second-order valence-corrected chi connectivity index (χ2v) is 10.5. The van der Waals surface area contributed by atoms with Gasteiger partial charge < -0.3 is 22.1 Å². The molecule has 0 aliphatic carbocycles. The van der Waals surface area contributed by atoms with Gasteiger partial charge in [-0.05, 0) is 72.3 Å². The Morgan fingerprint density at radius 3 is 1.58 bits per heavy atom. The number of rotatable bonds is 6. The highest BCUT2D eigenvalue weighted by atomic mass is 35.5. The fourth-order valence-corrected chi connectivity index (χ4v) is 4.30. The minimum Gasteiger partial charge on any atom is -0.368 e. The molecule has 7 N–H and O–H groups in total. The number of H-pyrrole nitrogens is 1. The lowest BCUT2D eigenvalue weighted by molar-refractivity contribution is 0.0939. The molecule has 0 saturated carbocycles. The Balaban J connectivity index is 0.000000221. The molecule has 0 aliphatic heterocycles. The van der Waals surface area contributed by atoms with Crippen LogP contribution in [-0.2, 0) is 0 Å². The highest BCUT2D eigenvalue weighted by Crippen LogP contribution is 2.21. The van der Waals surface area contributed by atoms with Crippen LogP contribution in [0.15, 0.2) is 84.9 Å². The average molecular weight is 756 g/mol. The van der Waals surface area contributed by atoms with Crippen molar-refractivity contribution in [1.29, 1.82) is 0 Å². The first-order chi connectivity index (χ1) is 23.3. The van der Waals surface area contributed by atoms with Crippen LogP contribution in [0.25, 0.3) is 0 Å². The number of nitrogens with one attached hydrogen (secondary N) is 3. The molecular weight excluding hydrogens is 734 g/mol. The first-order valence-electron chi connectivity index (χ1n) is 13.4. The summed E-state index contributed by atoms with van der Waals surface area (Å²) in [5, 5.41) is 15.9. The topological polar surface area (TPSA) is 183 Å². The van der Waals surface area contributed by atoms with Crippen molar-refractivity contribution in [2.75, 3.05) is 22.1 Å². The second-order valence-electron chi connectivity index (χ2n) is 9.29. The van der Waals surface area contributed by atoms with Gasteiger partial charge in [0.25, 0.3) is 11.1 Å². The molecule has 2 aromatic heterocycles. The van der Waals surface area contributed by atoms with Gasteiger partial charge in [-0.15, -0.1) is 10.2 Å². The number of carbonyl (C=O) groups excluding carboxylic acids is 2. The molecule has 2 heterocycles. The van der Waals surface area contributed by atoms with Gasteiger partial charge in [0.15, 0.2) is 0 Å². The molecule has 0 spiro atoms. The van der Waals surface area contributed by atoms with Crippen LogP contribution >= 0.6 is 34.8 Å². The van der Waals surface area contributed by atoms with Crippen LogP contribution in [-0.4, -0.2) is 41.1 Å². The molecule has 0 fully saturated rings. The monoisotopic (exact) mass is 754 g/mol. The number of aromatic amines is 1. The van der Waals surface area contributed by atoms with E-state index in [0.29, 0.717) is 26.4 Å². The van der Waals surface area contributed by atoms with Crippen LogP contribution < -0.4 is 22.1 Å². The van der Waals surface area contributed by atoms with Gasteiger partial charge in [0.1, 0.15) is 34.4 Å². The zero-order valence-corrected chi connectivity index (χ0v) is 27.1. The number of anilines is 6. The smallest absolute Gasteiger partial charge is 0.287 e. The van der Waals surface area contributed by atoms with Gasteiger partial charge in [-0.25, -0.2) is 22.7 Å². The summed E-state index contributed by atoms with van der Waals surface area (Å²) in [6.45, 7) is 0. The van der Waals surface area contributed by atoms with E-state index in [9.17, 15) is 27.2 Å². The van der Waals surface area contributed by atoms with Crippen LogP contribution in [0.2, 0.25) is 10.0 Å². The number of benzene rings is 4. The third-order valence-corrected chi connectivity index (χ3v) is 6.48. The van der Waals surface area contributed by atoms with E-state index in [1.54, 1.807) is 36.4 Å². The third-order valence-electron chi connectivity index (χ3n) is 5.82. The molecule has 0 aliphatic rings. The number of hydrogen-bond donors (Lipinski definition) is 5. The maximum absolute atomic E-state index is 13.7. The van der Waals surface area contributed by atoms with E-state index >= 15 is 0 Å². The Morgan fingerprint density at radius 1 is 0.700 bits per heavy atom. The summed E-state index contributed by atoms with van der Waals surface area (Å²) in [7, 11) is 0. The van der Waals surface area contributed by atoms with Gasteiger partial charge in [0.05, 0.1) is 0 Å². The molecule has 0 atom stereocenters. The number of halogens is 8. The summed E-state index contributed by atoms with van der Waals surface area (Å²) in [4.78, 5) is 30.4. The zero-order chi connectivity index (χ0) is 35.7. The predicted octanol–water partition coefficient (Wildman–Crippen LogP) is 7.50. The summed E-state index contributed by atoms with van der Waals surface area (Å²) in [6, 6.07) is 20.1. The van der Waals surface area contributed by atoms with E-state index in [4.69, 9.17) is 46.3 Å². The maximum atomic E-state index is 13.7. The van der Waals surface area contributed by atoms with Crippen molar-refractivity contribution in [3.8, 4) is 0 Å². The first-order valence-corrected chi connectivity index (χ1v) is 14.5. The summed E-state index contributed by atoms with van der Waals surface area (Å²) < 4.78 is 53.2. The van der Waals surface area contributed by atoms with Crippen LogP contribution in [0, 0.1) is 23.3 Å². The summed E-state index contributed by atoms with van der Waals surface area (Å²) in [5.41, 5.74) is 10.9. The lowest BCUT2D eigenvalue weighted by Crippen LogP contribution is -2.19. The third kappa shape index (κ3) is 10.4. The molecule has 0 saturated heterocycles. The number of hydrogen-bond acceptors (Lipinski definition) is 10. The zero-order valence-electron chi connectivity index (χ0n) is 24.8. The normalized spacial score (nSPS) is 10.1. The molecule has 0 unspecified atom stereocenters. The quantitative estimate of drug-likeness (QED) is 0.0843. The van der Waals surface area contributed by atoms with E-state index in [-0.39, 0.29) is 22.5 Å². The van der Waals surface area contributed by atoms with Crippen molar-refractivity contribution in [1.82, 2.24) is 29.9 Å². The van der Waals surface area contributed by atoms with Crippen molar-refractivity contribution in [3.63, 3.8) is 0 Å². The minimum absolute atomic E-state index is 0. The molecule has 6 rings (SSSR count). The Morgan fingerprint density at radius 2 is 1.16 bits per heavy atom. The molecule has 4 aromatic carbocycles. The van der Waals surface area contributed by atoms with E-state index in [2.05, 4.69) is 35.9 Å². The number of nitrogen functional groups attached to an aromatic ring is 2.